The molecule has 23 heavy (non-hydrogen) atoms. The van der Waals surface area contributed by atoms with Crippen LogP contribution in [0, 0.1) is 5.82 Å². The van der Waals surface area contributed by atoms with E-state index in [0.717, 1.165) is 15.3 Å². The van der Waals surface area contributed by atoms with E-state index in [2.05, 4.69) is 9.88 Å². The number of carbonyl (C=O) groups excluding carboxylic acids is 1. The lowest BCUT2D eigenvalue weighted by atomic mass is 10.2. The zero-order valence-electron chi connectivity index (χ0n) is 12.1. The first-order chi connectivity index (χ1) is 11.2. The second-order valence-corrected chi connectivity index (χ2v) is 6.42. The SMILES string of the molecule is O=C(OC1CN(c2nc3ccccc3s2)C1)c1cccc(F)c1. The van der Waals surface area contributed by atoms with Gasteiger partial charge in [-0.25, -0.2) is 14.2 Å². The van der Waals surface area contributed by atoms with E-state index in [1.807, 2.05) is 24.3 Å². The van der Waals surface area contributed by atoms with Crippen molar-refractivity contribution in [2.24, 2.45) is 0 Å². The second-order valence-electron chi connectivity index (χ2n) is 5.41. The van der Waals surface area contributed by atoms with Gasteiger partial charge in [-0.2, -0.15) is 0 Å². The molecule has 116 valence electrons. The van der Waals surface area contributed by atoms with Crippen LogP contribution in [-0.2, 0) is 4.74 Å². The molecule has 1 fully saturated rings. The van der Waals surface area contributed by atoms with Crippen molar-refractivity contribution in [1.82, 2.24) is 4.98 Å². The first-order valence-electron chi connectivity index (χ1n) is 7.26. The molecule has 1 aliphatic heterocycles. The Balaban J connectivity index is 1.38. The molecule has 0 N–H and O–H groups in total. The van der Waals surface area contributed by atoms with E-state index in [9.17, 15) is 9.18 Å². The number of hydrogen-bond donors (Lipinski definition) is 0. The van der Waals surface area contributed by atoms with Crippen molar-refractivity contribution >= 4 is 32.7 Å². The minimum absolute atomic E-state index is 0.183. The highest BCUT2D eigenvalue weighted by Crippen LogP contribution is 2.31. The number of nitrogens with zero attached hydrogens (tertiary/aromatic N) is 2. The lowest BCUT2D eigenvalue weighted by molar-refractivity contribution is 0.0234. The number of esters is 1. The molecule has 0 bridgehead atoms. The van der Waals surface area contributed by atoms with Crippen LogP contribution in [0.5, 0.6) is 0 Å². The minimum Gasteiger partial charge on any atom is -0.455 e. The normalized spacial score (nSPS) is 14.7. The Kier molecular flexibility index (Phi) is 3.46. The Bertz CT molecular complexity index is 841. The van der Waals surface area contributed by atoms with Gasteiger partial charge in [0.25, 0.3) is 0 Å². The summed E-state index contributed by atoms with van der Waals surface area (Å²) in [6.07, 6.45) is -0.183. The molecule has 1 aliphatic rings. The van der Waals surface area contributed by atoms with E-state index in [1.54, 1.807) is 17.4 Å². The van der Waals surface area contributed by atoms with E-state index >= 15 is 0 Å². The molecule has 0 spiro atoms. The zero-order chi connectivity index (χ0) is 15.8. The Morgan fingerprint density at radius 2 is 2.04 bits per heavy atom. The van der Waals surface area contributed by atoms with Crippen molar-refractivity contribution in [2.45, 2.75) is 6.10 Å². The summed E-state index contributed by atoms with van der Waals surface area (Å²) in [5, 5.41) is 0.934. The molecule has 6 heteroatoms. The Labute approximate surface area is 136 Å². The van der Waals surface area contributed by atoms with Gasteiger partial charge in [-0.3, -0.25) is 0 Å². The van der Waals surface area contributed by atoms with E-state index < -0.39 is 11.8 Å². The zero-order valence-corrected chi connectivity index (χ0v) is 12.9. The van der Waals surface area contributed by atoms with Crippen LogP contribution < -0.4 is 4.90 Å². The molecular formula is C17H13FN2O2S. The quantitative estimate of drug-likeness (QED) is 0.690. The number of rotatable bonds is 3. The average Bonchev–Trinajstić information content (AvgIpc) is 2.93. The largest absolute Gasteiger partial charge is 0.455 e. The second kappa shape index (κ2) is 5.62. The molecule has 1 aromatic heterocycles. The number of ether oxygens (including phenoxy) is 1. The molecule has 2 heterocycles. The van der Waals surface area contributed by atoms with Gasteiger partial charge in [0, 0.05) is 0 Å². The minimum atomic E-state index is -0.488. The topological polar surface area (TPSA) is 42.4 Å². The van der Waals surface area contributed by atoms with E-state index in [1.165, 1.54) is 18.2 Å². The molecule has 3 aromatic rings. The number of hydrogen-bond acceptors (Lipinski definition) is 5. The standard InChI is InChI=1S/C17H13FN2O2S/c18-12-5-3-4-11(8-12)16(21)22-13-9-20(10-13)17-19-14-6-1-2-7-15(14)23-17/h1-8,13H,9-10H2. The maximum atomic E-state index is 13.1. The number of halogens is 1. The fourth-order valence-corrected chi connectivity index (χ4v) is 3.48. The van der Waals surface area contributed by atoms with Crippen molar-refractivity contribution < 1.29 is 13.9 Å². The molecule has 0 radical (unpaired) electrons. The average molecular weight is 328 g/mol. The molecule has 0 saturated carbocycles. The van der Waals surface area contributed by atoms with Crippen molar-refractivity contribution in [1.29, 1.82) is 0 Å². The maximum Gasteiger partial charge on any atom is 0.338 e. The lowest BCUT2D eigenvalue weighted by Gasteiger charge is -2.38. The molecule has 0 aliphatic carbocycles. The van der Waals surface area contributed by atoms with Gasteiger partial charge in [0.05, 0.1) is 28.9 Å². The molecule has 4 rings (SSSR count). The van der Waals surface area contributed by atoms with E-state index in [4.69, 9.17) is 4.74 Å². The van der Waals surface area contributed by atoms with Crippen molar-refractivity contribution in [3.8, 4) is 0 Å². The van der Waals surface area contributed by atoms with Crippen LogP contribution in [0.2, 0.25) is 0 Å². The Morgan fingerprint density at radius 1 is 1.22 bits per heavy atom. The first kappa shape index (κ1) is 14.1. The molecule has 1 saturated heterocycles. The Morgan fingerprint density at radius 3 is 2.83 bits per heavy atom. The number of thiazole rings is 1. The summed E-state index contributed by atoms with van der Waals surface area (Å²) in [4.78, 5) is 18.6. The number of fused-ring (bicyclic) bond motifs is 1. The smallest absolute Gasteiger partial charge is 0.338 e. The predicted octanol–water partition coefficient (Wildman–Crippen LogP) is 3.48. The van der Waals surface area contributed by atoms with Crippen molar-refractivity contribution in [2.75, 3.05) is 18.0 Å². The summed E-state index contributed by atoms with van der Waals surface area (Å²) >= 11 is 1.63. The fraction of sp³-hybridized carbons (Fsp3) is 0.176. The van der Waals surface area contributed by atoms with Gasteiger partial charge in [-0.15, -0.1) is 0 Å². The number of carbonyl (C=O) groups is 1. The number of aromatic nitrogens is 1. The summed E-state index contributed by atoms with van der Waals surface area (Å²) < 4.78 is 19.6. The number of anilines is 1. The van der Waals surface area contributed by atoms with Crippen LogP contribution in [0.25, 0.3) is 10.2 Å². The van der Waals surface area contributed by atoms with E-state index in [-0.39, 0.29) is 11.7 Å². The lowest BCUT2D eigenvalue weighted by Crippen LogP contribution is -2.53. The number of benzene rings is 2. The summed E-state index contributed by atoms with van der Waals surface area (Å²) in [6.45, 7) is 1.22. The van der Waals surface area contributed by atoms with Crippen LogP contribution in [0.3, 0.4) is 0 Å². The van der Waals surface area contributed by atoms with Crippen LogP contribution >= 0.6 is 11.3 Å². The molecule has 0 atom stereocenters. The van der Waals surface area contributed by atoms with Gasteiger partial charge >= 0.3 is 5.97 Å². The molecule has 4 nitrogen and oxygen atoms in total. The molecule has 2 aromatic carbocycles. The number of para-hydroxylation sites is 1. The van der Waals surface area contributed by atoms with Crippen molar-refractivity contribution in [3.63, 3.8) is 0 Å². The third-order valence-corrected chi connectivity index (χ3v) is 4.83. The van der Waals surface area contributed by atoms with Crippen LogP contribution in [-0.4, -0.2) is 30.1 Å². The maximum absolute atomic E-state index is 13.1. The van der Waals surface area contributed by atoms with Gasteiger partial charge < -0.3 is 9.64 Å². The third-order valence-electron chi connectivity index (χ3n) is 3.74. The summed E-state index contributed by atoms with van der Waals surface area (Å²) in [5.41, 5.74) is 1.22. The summed E-state index contributed by atoms with van der Waals surface area (Å²) in [5.74, 6) is -0.928. The van der Waals surface area contributed by atoms with Crippen LogP contribution in [0.15, 0.2) is 48.5 Å². The highest BCUT2D eigenvalue weighted by molar-refractivity contribution is 7.22. The highest BCUT2D eigenvalue weighted by Gasteiger charge is 2.32. The molecular weight excluding hydrogens is 315 g/mol. The molecule has 0 unspecified atom stereocenters. The van der Waals surface area contributed by atoms with Crippen LogP contribution in [0.4, 0.5) is 9.52 Å². The van der Waals surface area contributed by atoms with Gasteiger partial charge in [-0.05, 0) is 30.3 Å². The molecule has 0 amide bonds. The third kappa shape index (κ3) is 2.77. The highest BCUT2D eigenvalue weighted by atomic mass is 32.1. The van der Waals surface area contributed by atoms with Gasteiger partial charge in [0.2, 0.25) is 0 Å². The monoisotopic (exact) mass is 328 g/mol. The predicted molar refractivity (Wildman–Crippen MR) is 87.4 cm³/mol. The van der Waals surface area contributed by atoms with Crippen LogP contribution in [0.1, 0.15) is 10.4 Å². The van der Waals surface area contributed by atoms with Crippen molar-refractivity contribution in [3.05, 3.63) is 59.9 Å². The van der Waals surface area contributed by atoms with Gasteiger partial charge in [0.1, 0.15) is 11.9 Å². The Hall–Kier alpha value is -2.47. The van der Waals surface area contributed by atoms with E-state index in [0.29, 0.717) is 13.1 Å². The summed E-state index contributed by atoms with van der Waals surface area (Å²) in [7, 11) is 0. The first-order valence-corrected chi connectivity index (χ1v) is 8.08. The van der Waals surface area contributed by atoms with Gasteiger partial charge in [-0.1, -0.05) is 29.5 Å². The fourth-order valence-electron chi connectivity index (χ4n) is 2.50. The van der Waals surface area contributed by atoms with Gasteiger partial charge in [0.15, 0.2) is 5.13 Å². The summed E-state index contributed by atoms with van der Waals surface area (Å²) in [6, 6.07) is 13.5.